The van der Waals surface area contributed by atoms with Crippen LogP contribution in [-0.2, 0) is 6.54 Å². The van der Waals surface area contributed by atoms with E-state index in [-0.39, 0.29) is 6.10 Å². The van der Waals surface area contributed by atoms with Gasteiger partial charge in [-0.1, -0.05) is 13.8 Å². The van der Waals surface area contributed by atoms with E-state index >= 15 is 0 Å². The zero-order chi connectivity index (χ0) is 12.8. The summed E-state index contributed by atoms with van der Waals surface area (Å²) in [6.45, 7) is 5.29. The molecule has 0 fully saturated rings. The third-order valence-electron chi connectivity index (χ3n) is 2.30. The van der Waals surface area contributed by atoms with Crippen LogP contribution in [0.15, 0.2) is 12.1 Å². The number of thiophene rings is 1. The van der Waals surface area contributed by atoms with Gasteiger partial charge in [0.15, 0.2) is 0 Å². The maximum Gasteiger partial charge on any atom is 0.345 e. The number of aliphatic hydroxyl groups excluding tert-OH is 1. The lowest BCUT2D eigenvalue weighted by Gasteiger charge is -2.13. The molecule has 5 heteroatoms. The van der Waals surface area contributed by atoms with E-state index in [0.29, 0.717) is 23.9 Å². The molecular weight excluding hydrogens is 238 g/mol. The topological polar surface area (TPSA) is 69.6 Å². The number of aliphatic hydroxyl groups is 1. The highest BCUT2D eigenvalue weighted by Crippen LogP contribution is 2.16. The molecule has 96 valence electrons. The molecule has 3 N–H and O–H groups in total. The van der Waals surface area contributed by atoms with Gasteiger partial charge in [0.05, 0.1) is 6.10 Å². The lowest BCUT2D eigenvalue weighted by Crippen LogP contribution is -2.27. The van der Waals surface area contributed by atoms with Crippen molar-refractivity contribution in [2.75, 3.05) is 6.54 Å². The summed E-state index contributed by atoms with van der Waals surface area (Å²) in [6.07, 6.45) is 0.437. The molecule has 1 aromatic heterocycles. The zero-order valence-corrected chi connectivity index (χ0v) is 11.0. The van der Waals surface area contributed by atoms with E-state index in [1.165, 1.54) is 11.3 Å². The minimum Gasteiger partial charge on any atom is -0.477 e. The van der Waals surface area contributed by atoms with Crippen LogP contribution in [0, 0.1) is 5.92 Å². The van der Waals surface area contributed by atoms with Crippen molar-refractivity contribution in [3.8, 4) is 0 Å². The minimum absolute atomic E-state index is 0.339. The van der Waals surface area contributed by atoms with Crippen LogP contribution in [0.4, 0.5) is 0 Å². The molecule has 1 unspecified atom stereocenters. The quantitative estimate of drug-likeness (QED) is 0.698. The van der Waals surface area contributed by atoms with Gasteiger partial charge in [-0.2, -0.15) is 0 Å². The fourth-order valence-electron chi connectivity index (χ4n) is 1.58. The SMILES string of the molecule is CC(C)CC(O)CNCc1ccc(C(=O)O)s1. The number of hydrogen-bond acceptors (Lipinski definition) is 4. The molecule has 17 heavy (non-hydrogen) atoms. The molecule has 0 amide bonds. The van der Waals surface area contributed by atoms with Crippen molar-refractivity contribution < 1.29 is 15.0 Å². The molecule has 0 saturated carbocycles. The Morgan fingerprint density at radius 1 is 1.47 bits per heavy atom. The van der Waals surface area contributed by atoms with Gasteiger partial charge in [0, 0.05) is 18.0 Å². The first-order valence-electron chi connectivity index (χ1n) is 5.69. The van der Waals surface area contributed by atoms with Gasteiger partial charge in [-0.05, 0) is 24.5 Å². The van der Waals surface area contributed by atoms with Crippen LogP contribution in [0.1, 0.15) is 34.8 Å². The third kappa shape index (κ3) is 5.30. The highest BCUT2D eigenvalue weighted by molar-refractivity contribution is 7.13. The van der Waals surface area contributed by atoms with Crippen LogP contribution in [-0.4, -0.2) is 28.8 Å². The summed E-state index contributed by atoms with van der Waals surface area (Å²) in [5, 5.41) is 21.5. The second kappa shape index (κ2) is 6.74. The number of carbonyl (C=O) groups is 1. The molecule has 1 atom stereocenters. The standard InChI is InChI=1S/C12H19NO3S/c1-8(2)5-9(14)6-13-7-10-3-4-11(17-10)12(15)16/h3-4,8-9,13-14H,5-7H2,1-2H3,(H,15,16). The Kier molecular flexibility index (Phi) is 5.61. The number of aromatic carboxylic acids is 1. The van der Waals surface area contributed by atoms with Crippen LogP contribution in [0.25, 0.3) is 0 Å². The molecule has 1 rings (SSSR count). The molecule has 0 aliphatic rings. The van der Waals surface area contributed by atoms with Crippen LogP contribution in [0.2, 0.25) is 0 Å². The molecule has 0 bridgehead atoms. The van der Waals surface area contributed by atoms with E-state index in [1.54, 1.807) is 12.1 Å². The smallest absolute Gasteiger partial charge is 0.345 e. The molecule has 0 spiro atoms. The van der Waals surface area contributed by atoms with E-state index in [2.05, 4.69) is 19.2 Å². The molecular formula is C12H19NO3S. The predicted molar refractivity (Wildman–Crippen MR) is 68.4 cm³/mol. The van der Waals surface area contributed by atoms with Crippen molar-refractivity contribution in [1.82, 2.24) is 5.32 Å². The molecule has 0 aromatic carbocycles. The average molecular weight is 257 g/mol. The van der Waals surface area contributed by atoms with Crippen molar-refractivity contribution in [1.29, 1.82) is 0 Å². The van der Waals surface area contributed by atoms with E-state index in [1.807, 2.05) is 0 Å². The molecule has 0 aliphatic heterocycles. The maximum absolute atomic E-state index is 10.7. The summed E-state index contributed by atoms with van der Waals surface area (Å²) in [5.41, 5.74) is 0. The van der Waals surface area contributed by atoms with Gasteiger partial charge >= 0.3 is 5.97 Å². The Labute approximate surface area is 105 Å². The largest absolute Gasteiger partial charge is 0.477 e. The number of carboxylic acid groups (broad SMARTS) is 1. The van der Waals surface area contributed by atoms with Gasteiger partial charge in [0.25, 0.3) is 0 Å². The fourth-order valence-corrected chi connectivity index (χ4v) is 2.39. The Morgan fingerprint density at radius 3 is 2.71 bits per heavy atom. The first kappa shape index (κ1) is 14.2. The Morgan fingerprint density at radius 2 is 2.18 bits per heavy atom. The summed E-state index contributed by atoms with van der Waals surface area (Å²) < 4.78 is 0. The molecule has 0 aliphatic carbocycles. The monoisotopic (exact) mass is 257 g/mol. The summed E-state index contributed by atoms with van der Waals surface area (Å²) in [6, 6.07) is 3.41. The van der Waals surface area contributed by atoms with Gasteiger partial charge in [-0.25, -0.2) is 4.79 Å². The van der Waals surface area contributed by atoms with Gasteiger partial charge < -0.3 is 15.5 Å². The van der Waals surface area contributed by atoms with Gasteiger partial charge in [-0.3, -0.25) is 0 Å². The van der Waals surface area contributed by atoms with E-state index in [0.717, 1.165) is 11.3 Å². The highest BCUT2D eigenvalue weighted by Gasteiger charge is 2.08. The second-order valence-corrected chi connectivity index (χ2v) is 5.65. The summed E-state index contributed by atoms with van der Waals surface area (Å²) in [4.78, 5) is 12.0. The maximum atomic E-state index is 10.7. The normalized spacial score (nSPS) is 12.9. The Balaban J connectivity index is 2.28. The third-order valence-corrected chi connectivity index (χ3v) is 3.37. The van der Waals surface area contributed by atoms with Crippen molar-refractivity contribution in [3.05, 3.63) is 21.9 Å². The lowest BCUT2D eigenvalue weighted by molar-refractivity contribution is 0.0702. The lowest BCUT2D eigenvalue weighted by atomic mass is 10.1. The van der Waals surface area contributed by atoms with Crippen molar-refractivity contribution in [2.24, 2.45) is 5.92 Å². The van der Waals surface area contributed by atoms with Gasteiger partial charge in [-0.15, -0.1) is 11.3 Å². The zero-order valence-electron chi connectivity index (χ0n) is 10.1. The van der Waals surface area contributed by atoms with E-state index in [4.69, 9.17) is 5.11 Å². The van der Waals surface area contributed by atoms with Crippen molar-refractivity contribution in [3.63, 3.8) is 0 Å². The van der Waals surface area contributed by atoms with Gasteiger partial charge in [0.1, 0.15) is 4.88 Å². The molecule has 1 heterocycles. The van der Waals surface area contributed by atoms with Crippen LogP contribution in [0.5, 0.6) is 0 Å². The fraction of sp³-hybridized carbons (Fsp3) is 0.583. The summed E-state index contributed by atoms with van der Waals surface area (Å²) in [5.74, 6) is -0.409. The molecule has 0 radical (unpaired) electrons. The number of hydrogen-bond donors (Lipinski definition) is 3. The Hall–Kier alpha value is -0.910. The van der Waals surface area contributed by atoms with E-state index < -0.39 is 5.97 Å². The second-order valence-electron chi connectivity index (χ2n) is 4.49. The molecule has 0 saturated heterocycles. The van der Waals surface area contributed by atoms with Crippen molar-refractivity contribution >= 4 is 17.3 Å². The van der Waals surface area contributed by atoms with Crippen molar-refractivity contribution in [2.45, 2.75) is 32.9 Å². The minimum atomic E-state index is -0.888. The van der Waals surface area contributed by atoms with Crippen LogP contribution < -0.4 is 5.32 Å². The molecule has 1 aromatic rings. The highest BCUT2D eigenvalue weighted by atomic mass is 32.1. The number of rotatable bonds is 7. The van der Waals surface area contributed by atoms with Crippen LogP contribution in [0.3, 0.4) is 0 Å². The number of carboxylic acids is 1. The average Bonchev–Trinajstić information content (AvgIpc) is 2.65. The van der Waals surface area contributed by atoms with Crippen LogP contribution >= 0.6 is 11.3 Å². The first-order chi connectivity index (χ1) is 7.99. The molecule has 4 nitrogen and oxygen atoms in total. The van der Waals surface area contributed by atoms with Gasteiger partial charge in [0.2, 0.25) is 0 Å². The number of nitrogens with one attached hydrogen (secondary N) is 1. The first-order valence-corrected chi connectivity index (χ1v) is 6.51. The Bertz CT molecular complexity index is 362. The summed E-state index contributed by atoms with van der Waals surface area (Å²) in [7, 11) is 0. The summed E-state index contributed by atoms with van der Waals surface area (Å²) >= 11 is 1.26. The van der Waals surface area contributed by atoms with E-state index in [9.17, 15) is 9.90 Å². The predicted octanol–water partition coefficient (Wildman–Crippen LogP) is 1.94.